The Hall–Kier alpha value is -2.22. The van der Waals surface area contributed by atoms with E-state index in [2.05, 4.69) is 11.4 Å². The Morgan fingerprint density at radius 1 is 1.50 bits per heavy atom. The van der Waals surface area contributed by atoms with Crippen LogP contribution in [0.3, 0.4) is 0 Å². The molecule has 1 atom stereocenters. The first kappa shape index (κ1) is 14.2. The molecule has 0 saturated carbocycles. The molecule has 1 N–H and O–H groups in total. The van der Waals surface area contributed by atoms with Crippen LogP contribution in [0.5, 0.6) is 5.75 Å². The van der Waals surface area contributed by atoms with Crippen molar-refractivity contribution in [2.75, 3.05) is 25.0 Å². The van der Waals surface area contributed by atoms with E-state index in [1.165, 1.54) is 0 Å². The molecule has 106 valence electrons. The van der Waals surface area contributed by atoms with Crippen LogP contribution in [0.15, 0.2) is 24.3 Å². The third-order valence-electron chi connectivity index (χ3n) is 3.33. The van der Waals surface area contributed by atoms with Gasteiger partial charge in [0.1, 0.15) is 11.8 Å². The van der Waals surface area contributed by atoms with Gasteiger partial charge in [0, 0.05) is 12.2 Å². The van der Waals surface area contributed by atoms with Crippen molar-refractivity contribution >= 4 is 11.6 Å². The Kier molecular flexibility index (Phi) is 4.83. The average molecular weight is 273 g/mol. The summed E-state index contributed by atoms with van der Waals surface area (Å²) in [4.78, 5) is 13.7. The van der Waals surface area contributed by atoms with Crippen LogP contribution < -0.4 is 10.1 Å². The number of likely N-dealkylation sites (tertiary alicyclic amines) is 1. The van der Waals surface area contributed by atoms with Crippen LogP contribution >= 0.6 is 0 Å². The topological polar surface area (TPSA) is 65.4 Å². The van der Waals surface area contributed by atoms with Gasteiger partial charge in [-0.1, -0.05) is 0 Å². The SMILES string of the molecule is CCOc1ccc(NCC(=O)N2CCC[C@H]2C#N)cc1. The lowest BCUT2D eigenvalue weighted by molar-refractivity contribution is -0.129. The second kappa shape index (κ2) is 6.80. The fourth-order valence-electron chi connectivity index (χ4n) is 2.31. The quantitative estimate of drug-likeness (QED) is 0.891. The van der Waals surface area contributed by atoms with Crippen molar-refractivity contribution in [1.82, 2.24) is 4.90 Å². The monoisotopic (exact) mass is 273 g/mol. The third-order valence-corrected chi connectivity index (χ3v) is 3.33. The minimum absolute atomic E-state index is 0.0251. The summed E-state index contributed by atoms with van der Waals surface area (Å²) in [5.74, 6) is 0.788. The molecule has 2 rings (SSSR count). The van der Waals surface area contributed by atoms with Crippen LogP contribution in [-0.4, -0.2) is 36.5 Å². The first-order chi connectivity index (χ1) is 9.74. The smallest absolute Gasteiger partial charge is 0.242 e. The maximum atomic E-state index is 12.0. The number of hydrogen-bond donors (Lipinski definition) is 1. The van der Waals surface area contributed by atoms with Crippen molar-refractivity contribution in [3.63, 3.8) is 0 Å². The number of ether oxygens (including phenoxy) is 1. The number of nitrogens with zero attached hydrogens (tertiary/aromatic N) is 2. The molecule has 0 unspecified atom stereocenters. The van der Waals surface area contributed by atoms with Crippen molar-refractivity contribution in [1.29, 1.82) is 5.26 Å². The van der Waals surface area contributed by atoms with Gasteiger partial charge >= 0.3 is 0 Å². The predicted molar refractivity (Wildman–Crippen MR) is 76.4 cm³/mol. The zero-order chi connectivity index (χ0) is 14.4. The third kappa shape index (κ3) is 3.41. The molecule has 0 aromatic heterocycles. The van der Waals surface area contributed by atoms with Gasteiger partial charge in [-0.25, -0.2) is 0 Å². The molecule has 1 aliphatic heterocycles. The summed E-state index contributed by atoms with van der Waals surface area (Å²) >= 11 is 0. The molecule has 1 heterocycles. The average Bonchev–Trinajstić information content (AvgIpc) is 2.95. The first-order valence-corrected chi connectivity index (χ1v) is 6.90. The van der Waals surface area contributed by atoms with Gasteiger partial charge in [0.25, 0.3) is 0 Å². The van der Waals surface area contributed by atoms with E-state index in [-0.39, 0.29) is 18.5 Å². The van der Waals surface area contributed by atoms with E-state index in [1.54, 1.807) is 4.90 Å². The minimum Gasteiger partial charge on any atom is -0.494 e. The number of anilines is 1. The molecule has 1 aliphatic rings. The van der Waals surface area contributed by atoms with E-state index in [0.717, 1.165) is 24.3 Å². The molecule has 1 aromatic rings. The summed E-state index contributed by atoms with van der Waals surface area (Å²) in [6.45, 7) is 3.47. The molecular weight excluding hydrogens is 254 g/mol. The van der Waals surface area contributed by atoms with Gasteiger partial charge in [-0.05, 0) is 44.0 Å². The molecular formula is C15H19N3O2. The number of amides is 1. The highest BCUT2D eigenvalue weighted by Gasteiger charge is 2.27. The molecule has 1 saturated heterocycles. The summed E-state index contributed by atoms with van der Waals surface area (Å²) in [6.07, 6.45) is 1.69. The van der Waals surface area contributed by atoms with Crippen LogP contribution in [0, 0.1) is 11.3 Å². The number of nitriles is 1. The summed E-state index contributed by atoms with van der Waals surface area (Å²) < 4.78 is 5.36. The van der Waals surface area contributed by atoms with E-state index in [1.807, 2.05) is 31.2 Å². The highest BCUT2D eigenvalue weighted by Crippen LogP contribution is 2.18. The maximum Gasteiger partial charge on any atom is 0.242 e. The highest BCUT2D eigenvalue weighted by atomic mass is 16.5. The molecule has 5 nitrogen and oxygen atoms in total. The second-order valence-electron chi connectivity index (χ2n) is 4.69. The summed E-state index contributed by atoms with van der Waals surface area (Å²) in [6, 6.07) is 9.40. The molecule has 0 bridgehead atoms. The second-order valence-corrected chi connectivity index (χ2v) is 4.69. The van der Waals surface area contributed by atoms with Gasteiger partial charge in [0.05, 0.1) is 19.2 Å². The Bertz CT molecular complexity index is 493. The van der Waals surface area contributed by atoms with Gasteiger partial charge in [0.2, 0.25) is 5.91 Å². The minimum atomic E-state index is -0.260. The highest BCUT2D eigenvalue weighted by molar-refractivity contribution is 5.81. The normalized spacial score (nSPS) is 17.6. The van der Waals surface area contributed by atoms with Crippen molar-refractivity contribution in [3.05, 3.63) is 24.3 Å². The number of carbonyl (C=O) groups excluding carboxylic acids is 1. The standard InChI is InChI=1S/C15H19N3O2/c1-2-20-14-7-5-12(6-8-14)17-11-15(19)18-9-3-4-13(18)10-16/h5-8,13,17H,2-4,9,11H2,1H3/t13-/m0/s1. The fourth-order valence-corrected chi connectivity index (χ4v) is 2.31. The van der Waals surface area contributed by atoms with Crippen molar-refractivity contribution in [3.8, 4) is 11.8 Å². The Balaban J connectivity index is 1.85. The Labute approximate surface area is 119 Å². The van der Waals surface area contributed by atoms with Gasteiger partial charge in [-0.3, -0.25) is 4.79 Å². The molecule has 0 radical (unpaired) electrons. The van der Waals surface area contributed by atoms with E-state index >= 15 is 0 Å². The van der Waals surface area contributed by atoms with Crippen LogP contribution in [0.25, 0.3) is 0 Å². The number of rotatable bonds is 5. The first-order valence-electron chi connectivity index (χ1n) is 6.90. The van der Waals surface area contributed by atoms with Crippen LogP contribution in [0.4, 0.5) is 5.69 Å². The predicted octanol–water partition coefficient (Wildman–Crippen LogP) is 2.01. The summed E-state index contributed by atoms with van der Waals surface area (Å²) in [5, 5.41) is 12.1. The van der Waals surface area contributed by atoms with E-state index in [0.29, 0.717) is 13.2 Å². The van der Waals surface area contributed by atoms with Crippen molar-refractivity contribution in [2.45, 2.75) is 25.8 Å². The molecule has 5 heteroatoms. The van der Waals surface area contributed by atoms with E-state index < -0.39 is 0 Å². The van der Waals surface area contributed by atoms with Gasteiger partial charge in [0.15, 0.2) is 0 Å². The van der Waals surface area contributed by atoms with Crippen molar-refractivity contribution < 1.29 is 9.53 Å². The lowest BCUT2D eigenvalue weighted by Crippen LogP contribution is -2.38. The van der Waals surface area contributed by atoms with Crippen LogP contribution in [0.1, 0.15) is 19.8 Å². The lowest BCUT2D eigenvalue weighted by atomic mass is 10.2. The number of benzene rings is 1. The molecule has 1 aromatic carbocycles. The largest absolute Gasteiger partial charge is 0.494 e. The van der Waals surface area contributed by atoms with Crippen molar-refractivity contribution in [2.24, 2.45) is 0 Å². The fraction of sp³-hybridized carbons (Fsp3) is 0.467. The molecule has 20 heavy (non-hydrogen) atoms. The maximum absolute atomic E-state index is 12.0. The van der Waals surface area contributed by atoms with Crippen LogP contribution in [-0.2, 0) is 4.79 Å². The molecule has 0 aliphatic carbocycles. The Morgan fingerprint density at radius 2 is 2.25 bits per heavy atom. The number of hydrogen-bond acceptors (Lipinski definition) is 4. The zero-order valence-electron chi connectivity index (χ0n) is 11.6. The summed E-state index contributed by atoms with van der Waals surface area (Å²) in [7, 11) is 0. The number of carbonyl (C=O) groups is 1. The van der Waals surface area contributed by atoms with E-state index in [4.69, 9.17) is 10.00 Å². The van der Waals surface area contributed by atoms with Gasteiger partial charge in [-0.15, -0.1) is 0 Å². The van der Waals surface area contributed by atoms with Crippen LogP contribution in [0.2, 0.25) is 0 Å². The van der Waals surface area contributed by atoms with Gasteiger partial charge < -0.3 is 15.0 Å². The number of nitrogens with one attached hydrogen (secondary N) is 1. The zero-order valence-corrected chi connectivity index (χ0v) is 11.6. The lowest BCUT2D eigenvalue weighted by Gasteiger charge is -2.20. The summed E-state index contributed by atoms with van der Waals surface area (Å²) in [5.41, 5.74) is 0.870. The van der Waals surface area contributed by atoms with E-state index in [9.17, 15) is 4.79 Å². The molecule has 1 fully saturated rings. The van der Waals surface area contributed by atoms with Gasteiger partial charge in [-0.2, -0.15) is 5.26 Å². The molecule has 0 spiro atoms. The Morgan fingerprint density at radius 3 is 2.90 bits per heavy atom. The molecule has 1 amide bonds.